The number of rotatable bonds is 6. The molecule has 0 aliphatic rings. The molecule has 4 nitrogen and oxygen atoms in total. The van der Waals surface area contributed by atoms with Crippen molar-refractivity contribution in [2.24, 2.45) is 0 Å². The number of hydrogen-bond acceptors (Lipinski definition) is 3. The van der Waals surface area contributed by atoms with E-state index in [0.717, 1.165) is 0 Å². The van der Waals surface area contributed by atoms with Gasteiger partial charge in [-0.25, -0.2) is 0 Å². The molecule has 0 saturated carbocycles. The molecule has 1 aromatic carbocycles. The van der Waals surface area contributed by atoms with E-state index in [4.69, 9.17) is 0 Å². The van der Waals surface area contributed by atoms with Gasteiger partial charge >= 0.3 is 0 Å². The largest absolute Gasteiger partial charge is 0.384 e. The molecule has 0 aromatic heterocycles. The topological polar surface area (TPSA) is 63.4 Å². The van der Waals surface area contributed by atoms with Crippen molar-refractivity contribution in [3.05, 3.63) is 65.3 Å². The molecule has 0 bridgehead atoms. The molecule has 0 amide bonds. The van der Waals surface area contributed by atoms with Gasteiger partial charge in [0.15, 0.2) is 0 Å². The van der Waals surface area contributed by atoms with E-state index in [-0.39, 0.29) is 18.5 Å². The number of aliphatic hydroxyl groups is 1. The molecule has 0 aliphatic carbocycles. The van der Waals surface area contributed by atoms with Crippen molar-refractivity contribution in [3.63, 3.8) is 0 Å². The summed E-state index contributed by atoms with van der Waals surface area (Å²) >= 11 is 0. The minimum absolute atomic E-state index is 0.0845. The fourth-order valence-electron chi connectivity index (χ4n) is 1.81. The van der Waals surface area contributed by atoms with Gasteiger partial charge in [0, 0.05) is 6.07 Å². The molecule has 0 heterocycles. The highest BCUT2D eigenvalue weighted by atomic mass is 16.6. The second-order valence-electron chi connectivity index (χ2n) is 3.79. The highest BCUT2D eigenvalue weighted by molar-refractivity contribution is 5.44. The summed E-state index contributed by atoms with van der Waals surface area (Å²) in [6.45, 7) is 7.13. The first-order valence-corrected chi connectivity index (χ1v) is 5.23. The second-order valence-corrected chi connectivity index (χ2v) is 3.79. The first-order valence-electron chi connectivity index (χ1n) is 5.23. The fraction of sp³-hybridized carbons (Fsp3) is 0.231. The zero-order valence-electron chi connectivity index (χ0n) is 9.50. The van der Waals surface area contributed by atoms with E-state index in [1.54, 1.807) is 30.4 Å². The molecule has 1 aromatic rings. The maximum absolute atomic E-state index is 10.9. The molecule has 0 unspecified atom stereocenters. The summed E-state index contributed by atoms with van der Waals surface area (Å²) in [5.41, 5.74) is -1.10. The maximum atomic E-state index is 10.9. The van der Waals surface area contributed by atoms with Crippen LogP contribution in [-0.2, 0) is 5.60 Å². The molecule has 4 heteroatoms. The smallest absolute Gasteiger partial charge is 0.275 e. The average molecular weight is 233 g/mol. The lowest BCUT2D eigenvalue weighted by atomic mass is 9.86. The van der Waals surface area contributed by atoms with Gasteiger partial charge in [-0.05, 0) is 18.9 Å². The Morgan fingerprint density at radius 1 is 1.29 bits per heavy atom. The zero-order valence-corrected chi connectivity index (χ0v) is 9.50. The number of benzene rings is 1. The van der Waals surface area contributed by atoms with E-state index in [2.05, 4.69) is 13.2 Å². The predicted molar refractivity (Wildman–Crippen MR) is 66.6 cm³/mol. The summed E-state index contributed by atoms with van der Waals surface area (Å²) in [5, 5.41) is 21.4. The van der Waals surface area contributed by atoms with Gasteiger partial charge in [-0.2, -0.15) is 0 Å². The molecule has 0 spiro atoms. The zero-order chi connectivity index (χ0) is 12.9. The number of nitro benzene ring substituents is 1. The lowest BCUT2D eigenvalue weighted by Gasteiger charge is -2.25. The molecule has 0 aliphatic heterocycles. The molecule has 1 N–H and O–H groups in total. The SMILES string of the molecule is C=CCC(O)(CC=C)c1ccccc1[N+](=O)[O-]. The number of nitrogens with zero attached hydrogens (tertiary/aromatic N) is 1. The van der Waals surface area contributed by atoms with Gasteiger partial charge in [0.1, 0.15) is 5.60 Å². The monoisotopic (exact) mass is 233 g/mol. The summed E-state index contributed by atoms with van der Waals surface area (Å²) in [7, 11) is 0. The van der Waals surface area contributed by atoms with Gasteiger partial charge in [0.05, 0.1) is 10.5 Å². The van der Waals surface area contributed by atoms with Crippen molar-refractivity contribution in [1.29, 1.82) is 0 Å². The van der Waals surface area contributed by atoms with Crippen LogP contribution in [-0.4, -0.2) is 10.0 Å². The minimum atomic E-state index is -1.31. The summed E-state index contributed by atoms with van der Waals surface area (Å²) in [6, 6.07) is 6.18. The number of para-hydroxylation sites is 1. The lowest BCUT2D eigenvalue weighted by molar-refractivity contribution is -0.386. The number of hydrogen-bond donors (Lipinski definition) is 1. The van der Waals surface area contributed by atoms with Crippen LogP contribution in [0, 0.1) is 10.1 Å². The van der Waals surface area contributed by atoms with Crippen LogP contribution >= 0.6 is 0 Å². The third-order valence-corrected chi connectivity index (χ3v) is 2.57. The van der Waals surface area contributed by atoms with E-state index in [9.17, 15) is 15.2 Å². The van der Waals surface area contributed by atoms with Gasteiger partial charge in [-0.15, -0.1) is 13.2 Å². The molecule has 0 radical (unpaired) electrons. The Bertz CT molecular complexity index is 430. The van der Waals surface area contributed by atoms with Crippen LogP contribution in [0.4, 0.5) is 5.69 Å². The quantitative estimate of drug-likeness (QED) is 0.466. The Morgan fingerprint density at radius 3 is 2.29 bits per heavy atom. The fourth-order valence-corrected chi connectivity index (χ4v) is 1.81. The lowest BCUT2D eigenvalue weighted by Crippen LogP contribution is -2.25. The van der Waals surface area contributed by atoms with E-state index in [0.29, 0.717) is 5.56 Å². The van der Waals surface area contributed by atoms with Gasteiger partial charge in [-0.1, -0.05) is 24.3 Å². The van der Waals surface area contributed by atoms with Gasteiger partial charge in [0.25, 0.3) is 5.69 Å². The van der Waals surface area contributed by atoms with Crippen molar-refractivity contribution in [1.82, 2.24) is 0 Å². The summed E-state index contributed by atoms with van der Waals surface area (Å²) in [5.74, 6) is 0. The van der Waals surface area contributed by atoms with Crippen LogP contribution in [0.2, 0.25) is 0 Å². The number of nitro groups is 1. The van der Waals surface area contributed by atoms with E-state index in [1.165, 1.54) is 6.07 Å². The van der Waals surface area contributed by atoms with Crippen LogP contribution in [0.5, 0.6) is 0 Å². The molecule has 90 valence electrons. The predicted octanol–water partition coefficient (Wildman–Crippen LogP) is 2.93. The van der Waals surface area contributed by atoms with Gasteiger partial charge < -0.3 is 5.11 Å². The Kier molecular flexibility index (Phi) is 4.17. The van der Waals surface area contributed by atoms with Crippen molar-refractivity contribution >= 4 is 5.69 Å². The van der Waals surface area contributed by atoms with Gasteiger partial charge in [0.2, 0.25) is 0 Å². The van der Waals surface area contributed by atoms with Crippen molar-refractivity contribution in [2.75, 3.05) is 0 Å². The van der Waals surface area contributed by atoms with Crippen molar-refractivity contribution < 1.29 is 10.0 Å². The highest BCUT2D eigenvalue weighted by Gasteiger charge is 2.32. The van der Waals surface area contributed by atoms with Crippen LogP contribution in [0.15, 0.2) is 49.6 Å². The first-order chi connectivity index (χ1) is 8.05. The van der Waals surface area contributed by atoms with Crippen LogP contribution < -0.4 is 0 Å². The van der Waals surface area contributed by atoms with Crippen LogP contribution in [0.25, 0.3) is 0 Å². The van der Waals surface area contributed by atoms with Crippen LogP contribution in [0.3, 0.4) is 0 Å². The Balaban J connectivity index is 3.31. The normalized spacial score (nSPS) is 10.9. The Hall–Kier alpha value is -1.94. The first kappa shape index (κ1) is 13.1. The molecular weight excluding hydrogens is 218 g/mol. The van der Waals surface area contributed by atoms with E-state index in [1.807, 2.05) is 0 Å². The minimum Gasteiger partial charge on any atom is -0.384 e. The summed E-state index contributed by atoms with van der Waals surface area (Å²) in [6.07, 6.45) is 3.56. The maximum Gasteiger partial charge on any atom is 0.275 e. The van der Waals surface area contributed by atoms with E-state index < -0.39 is 10.5 Å². The van der Waals surface area contributed by atoms with Gasteiger partial charge in [-0.3, -0.25) is 10.1 Å². The molecular formula is C13H15NO3. The molecule has 0 saturated heterocycles. The third kappa shape index (κ3) is 2.79. The summed E-state index contributed by atoms with van der Waals surface area (Å²) < 4.78 is 0. The average Bonchev–Trinajstić information content (AvgIpc) is 2.29. The highest BCUT2D eigenvalue weighted by Crippen LogP contribution is 2.35. The summed E-state index contributed by atoms with van der Waals surface area (Å²) in [4.78, 5) is 10.4. The molecule has 17 heavy (non-hydrogen) atoms. The second kappa shape index (κ2) is 5.41. The van der Waals surface area contributed by atoms with E-state index >= 15 is 0 Å². The Labute approximate surface area is 100 Å². The standard InChI is InChI=1S/C13H15NO3/c1-3-9-13(15,10-4-2)11-7-5-6-8-12(11)14(16)17/h3-8,15H,1-2,9-10H2. The Morgan fingerprint density at radius 2 is 1.82 bits per heavy atom. The van der Waals surface area contributed by atoms with Crippen molar-refractivity contribution in [2.45, 2.75) is 18.4 Å². The molecule has 0 fully saturated rings. The van der Waals surface area contributed by atoms with Crippen LogP contribution in [0.1, 0.15) is 18.4 Å². The third-order valence-electron chi connectivity index (χ3n) is 2.57. The van der Waals surface area contributed by atoms with Crippen molar-refractivity contribution in [3.8, 4) is 0 Å². The molecule has 1 rings (SSSR count). The molecule has 0 atom stereocenters.